The van der Waals surface area contributed by atoms with E-state index in [1.807, 2.05) is 0 Å². The van der Waals surface area contributed by atoms with Crippen molar-refractivity contribution in [3.8, 4) is 6.07 Å². The van der Waals surface area contributed by atoms with Crippen molar-refractivity contribution >= 4 is 29.1 Å². The molecule has 106 valence electrons. The summed E-state index contributed by atoms with van der Waals surface area (Å²) in [6.45, 7) is 0.597. The van der Waals surface area contributed by atoms with E-state index in [0.717, 1.165) is 0 Å². The summed E-state index contributed by atoms with van der Waals surface area (Å²) in [6, 6.07) is 4.62. The maximum Gasteiger partial charge on any atom is 0.257 e. The minimum absolute atomic E-state index is 0.0860. The van der Waals surface area contributed by atoms with Crippen molar-refractivity contribution in [1.82, 2.24) is 4.90 Å². The Morgan fingerprint density at radius 2 is 2.15 bits per heavy atom. The second-order valence-electron chi connectivity index (χ2n) is 4.19. The van der Waals surface area contributed by atoms with E-state index in [2.05, 4.69) is 6.07 Å². The van der Waals surface area contributed by atoms with E-state index in [4.69, 9.17) is 33.0 Å². The molecule has 0 aromatic heterocycles. The summed E-state index contributed by atoms with van der Waals surface area (Å²) in [7, 11) is 0. The van der Waals surface area contributed by atoms with E-state index >= 15 is 0 Å². The molecular formula is C13H12Cl2N2O3. The fourth-order valence-corrected chi connectivity index (χ4v) is 2.55. The summed E-state index contributed by atoms with van der Waals surface area (Å²) < 4.78 is 5.13. The highest BCUT2D eigenvalue weighted by Gasteiger charge is 2.38. The smallest absolute Gasteiger partial charge is 0.257 e. The zero-order valence-electron chi connectivity index (χ0n) is 10.5. The number of carbonyl (C=O) groups is 1. The van der Waals surface area contributed by atoms with Crippen molar-refractivity contribution in [2.45, 2.75) is 6.04 Å². The molecule has 0 bridgehead atoms. The number of benzene rings is 1. The van der Waals surface area contributed by atoms with Gasteiger partial charge < -0.3 is 14.7 Å². The van der Waals surface area contributed by atoms with E-state index < -0.39 is 6.04 Å². The number of hydrogen-bond acceptors (Lipinski definition) is 4. The first-order chi connectivity index (χ1) is 9.61. The van der Waals surface area contributed by atoms with Crippen LogP contribution >= 0.6 is 23.2 Å². The van der Waals surface area contributed by atoms with Crippen LogP contribution in [0.3, 0.4) is 0 Å². The number of hydrogen-bond donors (Lipinski definition) is 1. The minimum atomic E-state index is -0.690. The lowest BCUT2D eigenvalue weighted by atomic mass is 10.1. The number of amides is 1. The molecule has 20 heavy (non-hydrogen) atoms. The predicted octanol–water partition coefficient (Wildman–Crippen LogP) is 2.02. The summed E-state index contributed by atoms with van der Waals surface area (Å²) in [4.78, 5) is 13.7. The summed E-state index contributed by atoms with van der Waals surface area (Å²) in [6.07, 6.45) is 0. The van der Waals surface area contributed by atoms with Crippen LogP contribution in [-0.2, 0) is 4.74 Å². The number of ether oxygens (including phenoxy) is 1. The Labute approximate surface area is 126 Å². The van der Waals surface area contributed by atoms with Crippen LogP contribution in [0.1, 0.15) is 22.0 Å². The van der Waals surface area contributed by atoms with Crippen LogP contribution in [0, 0.1) is 11.3 Å². The molecule has 0 spiro atoms. The maximum atomic E-state index is 12.3. The Balaban J connectivity index is 2.24. The summed E-state index contributed by atoms with van der Waals surface area (Å²) >= 11 is 12.0. The van der Waals surface area contributed by atoms with E-state index in [1.54, 1.807) is 12.1 Å². The van der Waals surface area contributed by atoms with Crippen molar-refractivity contribution in [2.24, 2.45) is 0 Å². The standard InChI is InChI=1S/C13H12Cl2N2O3/c14-9-2-1-8-10(7-16)17(3-5-20-6-4-18)13(19)11(8)12(9)15/h1-2,10,18H,3-6H2. The Kier molecular flexibility index (Phi) is 4.84. The van der Waals surface area contributed by atoms with Gasteiger partial charge in [0, 0.05) is 12.1 Å². The van der Waals surface area contributed by atoms with Crippen LogP contribution in [0.15, 0.2) is 12.1 Å². The highest BCUT2D eigenvalue weighted by Crippen LogP contribution is 2.39. The molecule has 1 unspecified atom stereocenters. The van der Waals surface area contributed by atoms with Gasteiger partial charge in [0.05, 0.1) is 41.5 Å². The zero-order chi connectivity index (χ0) is 14.7. The molecular weight excluding hydrogens is 303 g/mol. The first kappa shape index (κ1) is 15.1. The maximum absolute atomic E-state index is 12.3. The number of aliphatic hydroxyl groups excluding tert-OH is 1. The SMILES string of the molecule is N#CC1c2ccc(Cl)c(Cl)c2C(=O)N1CCOCCO. The van der Waals surface area contributed by atoms with Gasteiger partial charge >= 0.3 is 0 Å². The Hall–Kier alpha value is -1.32. The molecule has 1 aromatic rings. The summed E-state index contributed by atoms with van der Waals surface area (Å²) in [5.74, 6) is -0.327. The fourth-order valence-electron chi connectivity index (χ4n) is 2.14. The molecule has 1 atom stereocenters. The van der Waals surface area contributed by atoms with Crippen molar-refractivity contribution in [3.05, 3.63) is 33.3 Å². The number of halogens is 2. The molecule has 2 rings (SSSR count). The number of carbonyl (C=O) groups excluding carboxylic acids is 1. The number of fused-ring (bicyclic) bond motifs is 1. The second-order valence-corrected chi connectivity index (χ2v) is 4.98. The van der Waals surface area contributed by atoms with Gasteiger partial charge in [0.1, 0.15) is 6.04 Å². The molecule has 1 aromatic carbocycles. The van der Waals surface area contributed by atoms with Crippen LogP contribution in [0.25, 0.3) is 0 Å². The quantitative estimate of drug-likeness (QED) is 0.844. The van der Waals surface area contributed by atoms with E-state index in [1.165, 1.54) is 4.90 Å². The monoisotopic (exact) mass is 314 g/mol. The molecule has 1 N–H and O–H groups in total. The third-order valence-electron chi connectivity index (χ3n) is 3.04. The van der Waals surface area contributed by atoms with Crippen molar-refractivity contribution in [2.75, 3.05) is 26.4 Å². The zero-order valence-corrected chi connectivity index (χ0v) is 12.0. The minimum Gasteiger partial charge on any atom is -0.394 e. The van der Waals surface area contributed by atoms with Crippen LogP contribution < -0.4 is 0 Å². The Bertz CT molecular complexity index is 571. The molecule has 7 heteroatoms. The number of nitrogens with zero attached hydrogens (tertiary/aromatic N) is 2. The number of nitriles is 1. The second kappa shape index (κ2) is 6.42. The van der Waals surface area contributed by atoms with E-state index in [0.29, 0.717) is 5.56 Å². The summed E-state index contributed by atoms with van der Waals surface area (Å²) in [5, 5.41) is 18.4. The third kappa shape index (κ3) is 2.60. The molecule has 0 radical (unpaired) electrons. The largest absolute Gasteiger partial charge is 0.394 e. The lowest BCUT2D eigenvalue weighted by Crippen LogP contribution is -2.31. The molecule has 5 nitrogen and oxygen atoms in total. The highest BCUT2D eigenvalue weighted by atomic mass is 35.5. The molecule has 1 amide bonds. The van der Waals surface area contributed by atoms with Gasteiger partial charge in [-0.25, -0.2) is 0 Å². The van der Waals surface area contributed by atoms with Crippen LogP contribution in [-0.4, -0.2) is 42.3 Å². The Morgan fingerprint density at radius 1 is 1.40 bits per heavy atom. The molecule has 1 aliphatic rings. The van der Waals surface area contributed by atoms with Crippen LogP contribution in [0.5, 0.6) is 0 Å². The van der Waals surface area contributed by atoms with E-state index in [-0.39, 0.29) is 47.9 Å². The lowest BCUT2D eigenvalue weighted by molar-refractivity contribution is 0.0558. The number of rotatable bonds is 5. The van der Waals surface area contributed by atoms with Crippen molar-refractivity contribution in [1.29, 1.82) is 5.26 Å². The molecule has 0 fully saturated rings. The van der Waals surface area contributed by atoms with Gasteiger partial charge in [-0.05, 0) is 6.07 Å². The Morgan fingerprint density at radius 3 is 2.80 bits per heavy atom. The molecule has 1 aliphatic heterocycles. The normalized spacial score (nSPS) is 17.2. The first-order valence-corrected chi connectivity index (χ1v) is 6.74. The van der Waals surface area contributed by atoms with Gasteiger partial charge in [0.25, 0.3) is 5.91 Å². The van der Waals surface area contributed by atoms with Crippen molar-refractivity contribution < 1.29 is 14.6 Å². The van der Waals surface area contributed by atoms with Gasteiger partial charge in [0.15, 0.2) is 0 Å². The summed E-state index contributed by atoms with van der Waals surface area (Å²) in [5.41, 5.74) is 0.849. The number of aliphatic hydroxyl groups is 1. The van der Waals surface area contributed by atoms with Crippen molar-refractivity contribution in [3.63, 3.8) is 0 Å². The fraction of sp³-hybridized carbons (Fsp3) is 0.385. The first-order valence-electron chi connectivity index (χ1n) is 5.99. The highest BCUT2D eigenvalue weighted by molar-refractivity contribution is 6.44. The third-order valence-corrected chi connectivity index (χ3v) is 3.85. The van der Waals surface area contributed by atoms with Gasteiger partial charge in [-0.15, -0.1) is 0 Å². The lowest BCUT2D eigenvalue weighted by Gasteiger charge is -2.19. The van der Waals surface area contributed by atoms with E-state index in [9.17, 15) is 10.1 Å². The van der Waals surface area contributed by atoms with Gasteiger partial charge in [0.2, 0.25) is 0 Å². The average Bonchev–Trinajstić information content (AvgIpc) is 2.72. The van der Waals surface area contributed by atoms with Gasteiger partial charge in [-0.2, -0.15) is 5.26 Å². The van der Waals surface area contributed by atoms with Crippen LogP contribution in [0.2, 0.25) is 10.0 Å². The van der Waals surface area contributed by atoms with Crippen LogP contribution in [0.4, 0.5) is 0 Å². The average molecular weight is 315 g/mol. The molecule has 0 saturated heterocycles. The molecule has 0 saturated carbocycles. The van der Waals surface area contributed by atoms with Gasteiger partial charge in [-0.1, -0.05) is 29.3 Å². The van der Waals surface area contributed by atoms with Gasteiger partial charge in [-0.3, -0.25) is 4.79 Å². The predicted molar refractivity (Wildman–Crippen MR) is 73.8 cm³/mol. The molecule has 0 aliphatic carbocycles. The topological polar surface area (TPSA) is 73.6 Å². The molecule has 1 heterocycles.